The maximum atomic E-state index is 13.2. The molecule has 1 saturated carbocycles. The van der Waals surface area contributed by atoms with Gasteiger partial charge in [0.2, 0.25) is 5.91 Å². The molecule has 2 atom stereocenters. The smallest absolute Gasteiger partial charge is 0.253 e. The third-order valence-electron chi connectivity index (χ3n) is 6.73. The van der Waals surface area contributed by atoms with Gasteiger partial charge in [-0.25, -0.2) is 0 Å². The van der Waals surface area contributed by atoms with Gasteiger partial charge in [0, 0.05) is 49.9 Å². The van der Waals surface area contributed by atoms with Crippen LogP contribution in [-0.2, 0) is 9.53 Å². The highest BCUT2D eigenvalue weighted by Gasteiger charge is 2.37. The molecule has 3 aliphatic rings. The molecule has 1 N–H and O–H groups in total. The molecule has 1 aliphatic carbocycles. The summed E-state index contributed by atoms with van der Waals surface area (Å²) in [6.07, 6.45) is 6.90. The van der Waals surface area contributed by atoms with E-state index >= 15 is 0 Å². The van der Waals surface area contributed by atoms with Gasteiger partial charge in [0.05, 0.1) is 12.1 Å². The van der Waals surface area contributed by atoms with Crippen LogP contribution in [0.1, 0.15) is 48.9 Å². The Morgan fingerprint density at radius 1 is 1.03 bits per heavy atom. The van der Waals surface area contributed by atoms with E-state index in [9.17, 15) is 9.59 Å². The quantitative estimate of drug-likeness (QED) is 0.749. The van der Waals surface area contributed by atoms with Crippen LogP contribution in [0.3, 0.4) is 0 Å². The van der Waals surface area contributed by atoms with Crippen LogP contribution in [0.15, 0.2) is 24.3 Å². The first-order valence-corrected chi connectivity index (χ1v) is 11.7. The van der Waals surface area contributed by atoms with Crippen molar-refractivity contribution < 1.29 is 14.3 Å². The minimum atomic E-state index is -0.0957. The van der Waals surface area contributed by atoms with E-state index in [1.54, 1.807) is 24.3 Å². The van der Waals surface area contributed by atoms with E-state index in [1.165, 1.54) is 12.8 Å². The Labute approximate surface area is 183 Å². The largest absolute Gasteiger partial charge is 0.376 e. The second-order valence-corrected chi connectivity index (χ2v) is 9.14. The lowest BCUT2D eigenvalue weighted by atomic mass is 9.94. The second-order valence-electron chi connectivity index (χ2n) is 8.70. The zero-order valence-corrected chi connectivity index (χ0v) is 18.3. The number of carbonyl (C=O) groups is 2. The molecule has 0 aromatic heterocycles. The van der Waals surface area contributed by atoms with Gasteiger partial charge in [0.1, 0.15) is 0 Å². The van der Waals surface area contributed by atoms with Crippen molar-refractivity contribution in [3.63, 3.8) is 0 Å². The molecule has 2 heterocycles. The molecule has 164 valence electrons. The van der Waals surface area contributed by atoms with Crippen molar-refractivity contribution >= 4 is 23.4 Å². The summed E-state index contributed by atoms with van der Waals surface area (Å²) in [7, 11) is 0. The number of carbonyl (C=O) groups excluding carboxylic acids is 2. The summed E-state index contributed by atoms with van der Waals surface area (Å²) in [5, 5.41) is 3.79. The third-order valence-corrected chi connectivity index (χ3v) is 6.98. The SMILES string of the molecule is O=C(NC[C@H]1CCCO1)[C@H](C1CCCC1)N1CCN(C(=O)c2ccc(Cl)cc2)CC1. The number of hydrogen-bond donors (Lipinski definition) is 1. The molecule has 0 spiro atoms. The van der Waals surface area contributed by atoms with Crippen molar-refractivity contribution in [1.29, 1.82) is 0 Å². The normalized spacial score (nSPS) is 24.2. The van der Waals surface area contributed by atoms with Gasteiger partial charge in [0.25, 0.3) is 5.91 Å². The molecule has 2 saturated heterocycles. The highest BCUT2D eigenvalue weighted by Crippen LogP contribution is 2.31. The van der Waals surface area contributed by atoms with E-state index in [0.29, 0.717) is 36.1 Å². The minimum absolute atomic E-state index is 0.0339. The zero-order valence-electron chi connectivity index (χ0n) is 17.5. The van der Waals surface area contributed by atoms with Crippen molar-refractivity contribution in [2.75, 3.05) is 39.3 Å². The molecule has 3 fully saturated rings. The monoisotopic (exact) mass is 433 g/mol. The second kappa shape index (κ2) is 10.1. The van der Waals surface area contributed by atoms with Crippen LogP contribution in [0.4, 0.5) is 0 Å². The van der Waals surface area contributed by atoms with Crippen LogP contribution in [0.2, 0.25) is 5.02 Å². The lowest BCUT2D eigenvalue weighted by molar-refractivity contribution is -0.129. The molecule has 0 unspecified atom stereocenters. The van der Waals surface area contributed by atoms with E-state index < -0.39 is 0 Å². The summed E-state index contributed by atoms with van der Waals surface area (Å²) in [4.78, 5) is 30.1. The van der Waals surface area contributed by atoms with Crippen LogP contribution in [-0.4, -0.2) is 73.1 Å². The van der Waals surface area contributed by atoms with E-state index in [-0.39, 0.29) is 24.0 Å². The number of nitrogens with one attached hydrogen (secondary N) is 1. The molecule has 30 heavy (non-hydrogen) atoms. The fourth-order valence-corrected chi connectivity index (χ4v) is 5.18. The van der Waals surface area contributed by atoms with Crippen LogP contribution in [0.25, 0.3) is 0 Å². The predicted molar refractivity (Wildman–Crippen MR) is 117 cm³/mol. The Hall–Kier alpha value is -1.63. The number of rotatable bonds is 6. The summed E-state index contributed by atoms with van der Waals surface area (Å²) in [5.41, 5.74) is 0.662. The molecule has 2 aliphatic heterocycles. The Balaban J connectivity index is 1.35. The first-order chi connectivity index (χ1) is 14.6. The maximum absolute atomic E-state index is 13.2. The number of hydrogen-bond acceptors (Lipinski definition) is 4. The van der Waals surface area contributed by atoms with Crippen LogP contribution in [0.5, 0.6) is 0 Å². The number of ether oxygens (including phenoxy) is 1. The summed E-state index contributed by atoms with van der Waals surface area (Å²) in [5.74, 6) is 0.578. The molecular formula is C23H32ClN3O3. The molecule has 6 nitrogen and oxygen atoms in total. The molecule has 4 rings (SSSR count). The van der Waals surface area contributed by atoms with Crippen molar-refractivity contribution in [1.82, 2.24) is 15.1 Å². The minimum Gasteiger partial charge on any atom is -0.376 e. The van der Waals surface area contributed by atoms with Gasteiger partial charge in [-0.05, 0) is 55.9 Å². The van der Waals surface area contributed by atoms with Crippen molar-refractivity contribution in [2.45, 2.75) is 50.7 Å². The van der Waals surface area contributed by atoms with E-state index in [4.69, 9.17) is 16.3 Å². The van der Waals surface area contributed by atoms with Crippen LogP contribution < -0.4 is 5.32 Å². The number of halogens is 1. The fraction of sp³-hybridized carbons (Fsp3) is 0.652. The summed E-state index contributed by atoms with van der Waals surface area (Å²) < 4.78 is 5.66. The zero-order chi connectivity index (χ0) is 20.9. The first kappa shape index (κ1) is 21.6. The van der Waals surface area contributed by atoms with E-state index in [1.807, 2.05) is 4.90 Å². The molecule has 0 radical (unpaired) electrons. The molecule has 1 aromatic rings. The van der Waals surface area contributed by atoms with Gasteiger partial charge < -0.3 is 15.0 Å². The molecular weight excluding hydrogens is 402 g/mol. The van der Waals surface area contributed by atoms with Gasteiger partial charge in [-0.15, -0.1) is 0 Å². The molecule has 1 aromatic carbocycles. The Kier molecular flexibility index (Phi) is 7.28. The average Bonchev–Trinajstić information content (AvgIpc) is 3.48. The van der Waals surface area contributed by atoms with Crippen molar-refractivity contribution in [3.8, 4) is 0 Å². The van der Waals surface area contributed by atoms with Crippen molar-refractivity contribution in [2.24, 2.45) is 5.92 Å². The van der Waals surface area contributed by atoms with Gasteiger partial charge >= 0.3 is 0 Å². The van der Waals surface area contributed by atoms with Gasteiger partial charge in [0.15, 0.2) is 0 Å². The summed E-state index contributed by atoms with van der Waals surface area (Å²) >= 11 is 5.94. The summed E-state index contributed by atoms with van der Waals surface area (Å²) in [6.45, 7) is 4.16. The first-order valence-electron chi connectivity index (χ1n) is 11.3. The third kappa shape index (κ3) is 5.16. The number of nitrogens with zero attached hydrogens (tertiary/aromatic N) is 2. The fourth-order valence-electron chi connectivity index (χ4n) is 5.05. The Bertz CT molecular complexity index is 722. The maximum Gasteiger partial charge on any atom is 0.253 e. The van der Waals surface area contributed by atoms with Gasteiger partial charge in [-0.3, -0.25) is 14.5 Å². The molecule has 0 bridgehead atoms. The average molecular weight is 434 g/mol. The topological polar surface area (TPSA) is 61.9 Å². The van der Waals surface area contributed by atoms with Crippen LogP contribution in [0, 0.1) is 5.92 Å². The van der Waals surface area contributed by atoms with Crippen molar-refractivity contribution in [3.05, 3.63) is 34.9 Å². The highest BCUT2D eigenvalue weighted by molar-refractivity contribution is 6.30. The Morgan fingerprint density at radius 2 is 1.73 bits per heavy atom. The molecule has 7 heteroatoms. The number of benzene rings is 1. The van der Waals surface area contributed by atoms with Gasteiger partial charge in [-0.1, -0.05) is 24.4 Å². The van der Waals surface area contributed by atoms with E-state index in [2.05, 4.69) is 10.2 Å². The molecule has 2 amide bonds. The predicted octanol–water partition coefficient (Wildman–Crippen LogP) is 2.95. The summed E-state index contributed by atoms with van der Waals surface area (Å²) in [6, 6.07) is 6.95. The van der Waals surface area contributed by atoms with Crippen LogP contribution >= 0.6 is 11.6 Å². The lowest BCUT2D eigenvalue weighted by Gasteiger charge is -2.41. The Morgan fingerprint density at radius 3 is 2.37 bits per heavy atom. The standard InChI is InChI=1S/C23H32ClN3O3/c24-19-9-7-18(8-10-19)23(29)27-13-11-26(12-14-27)21(17-4-1-2-5-17)22(28)25-16-20-6-3-15-30-20/h7-10,17,20-21H,1-6,11-16H2,(H,25,28)/t20-,21+/m1/s1. The van der Waals surface area contributed by atoms with Gasteiger partial charge in [-0.2, -0.15) is 0 Å². The highest BCUT2D eigenvalue weighted by atomic mass is 35.5. The van der Waals surface area contributed by atoms with E-state index in [0.717, 1.165) is 45.4 Å². The number of amides is 2. The lowest BCUT2D eigenvalue weighted by Crippen LogP contribution is -2.58. The number of piperazine rings is 1.